The Morgan fingerprint density at radius 1 is 1.25 bits per heavy atom. The zero-order chi connectivity index (χ0) is 14.5. The van der Waals surface area contributed by atoms with Crippen LogP contribution in [0.5, 0.6) is 0 Å². The molecule has 0 saturated heterocycles. The smallest absolute Gasteiger partial charge is 0.222 e. The highest BCUT2D eigenvalue weighted by Crippen LogP contribution is 2.36. The molecule has 0 aromatic carbocycles. The van der Waals surface area contributed by atoms with Crippen LogP contribution in [0.1, 0.15) is 33.8 Å². The normalized spacial score (nSPS) is 11.9. The maximum Gasteiger partial charge on any atom is 0.222 e. The van der Waals surface area contributed by atoms with Crippen LogP contribution in [-0.2, 0) is 11.0 Å². The number of aromatic nitrogens is 2. The largest absolute Gasteiger partial charge is 0.415 e. The summed E-state index contributed by atoms with van der Waals surface area (Å²) in [7, 11) is -1.67. The second kappa shape index (κ2) is 7.71. The van der Waals surface area contributed by atoms with E-state index >= 15 is 0 Å². The number of aliphatic hydroxyl groups is 1. The third-order valence-electron chi connectivity index (χ3n) is 3.54. The van der Waals surface area contributed by atoms with E-state index in [2.05, 4.69) is 49.1 Å². The second-order valence-electron chi connectivity index (χ2n) is 6.11. The first-order chi connectivity index (χ1) is 8.76. The summed E-state index contributed by atoms with van der Waals surface area (Å²) in [6, 6.07) is 0. The van der Waals surface area contributed by atoms with E-state index in [1.165, 1.54) is 0 Å². The van der Waals surface area contributed by atoms with Crippen molar-refractivity contribution in [3.05, 3.63) is 18.0 Å². The molecule has 0 spiro atoms. The number of nitrogens with one attached hydrogen (secondary N) is 1. The summed E-state index contributed by atoms with van der Waals surface area (Å²) in [5, 5.41) is 12.2. The molecule has 116 valence electrons. The van der Waals surface area contributed by atoms with E-state index in [-0.39, 0.29) is 19.1 Å². The monoisotopic (exact) mass is 299 g/mol. The van der Waals surface area contributed by atoms with Crippen molar-refractivity contribution in [2.75, 3.05) is 18.5 Å². The number of anilines is 1. The fourth-order valence-corrected chi connectivity index (χ4v) is 2.26. The molecule has 0 aliphatic carbocycles. The van der Waals surface area contributed by atoms with Gasteiger partial charge in [-0.2, -0.15) is 0 Å². The van der Waals surface area contributed by atoms with E-state index in [9.17, 15) is 0 Å². The van der Waals surface area contributed by atoms with Crippen molar-refractivity contribution in [1.29, 1.82) is 0 Å². The summed E-state index contributed by atoms with van der Waals surface area (Å²) >= 11 is 0. The van der Waals surface area contributed by atoms with Crippen LogP contribution >= 0.6 is 0 Å². The molecular formula is C14H29N3O2Si. The van der Waals surface area contributed by atoms with Gasteiger partial charge in [0.25, 0.3) is 0 Å². The first-order valence-corrected chi connectivity index (χ1v) is 9.47. The maximum absolute atomic E-state index is 8.89. The lowest BCUT2D eigenvalue weighted by molar-refractivity contribution is 0.281. The summed E-state index contributed by atoms with van der Waals surface area (Å²) in [6.07, 6.45) is 3.23. The SMILES string of the molecule is C.CC(C)(C)[Si](C)(C)OCCNc1ncc(CO)cn1. The van der Waals surface area contributed by atoms with Gasteiger partial charge in [0, 0.05) is 24.5 Å². The third kappa shape index (κ3) is 5.56. The van der Waals surface area contributed by atoms with Crippen LogP contribution in [0.2, 0.25) is 18.1 Å². The lowest BCUT2D eigenvalue weighted by Crippen LogP contribution is -2.41. The minimum atomic E-state index is -1.67. The fourth-order valence-electron chi connectivity index (χ4n) is 1.21. The lowest BCUT2D eigenvalue weighted by atomic mass is 10.2. The van der Waals surface area contributed by atoms with Crippen molar-refractivity contribution in [3.8, 4) is 0 Å². The van der Waals surface area contributed by atoms with Gasteiger partial charge in [-0.1, -0.05) is 28.2 Å². The van der Waals surface area contributed by atoms with Crippen molar-refractivity contribution >= 4 is 14.3 Å². The van der Waals surface area contributed by atoms with Gasteiger partial charge in [0.15, 0.2) is 8.32 Å². The number of hydrogen-bond acceptors (Lipinski definition) is 5. The van der Waals surface area contributed by atoms with Gasteiger partial charge in [-0.05, 0) is 18.1 Å². The summed E-state index contributed by atoms with van der Waals surface area (Å²) in [5.74, 6) is 0.566. The highest BCUT2D eigenvalue weighted by Gasteiger charge is 2.36. The zero-order valence-electron chi connectivity index (χ0n) is 12.5. The Bertz CT molecular complexity index is 388. The average molecular weight is 299 g/mol. The molecule has 0 aliphatic rings. The molecular weight excluding hydrogens is 270 g/mol. The Hall–Kier alpha value is -0.983. The summed E-state index contributed by atoms with van der Waals surface area (Å²) in [4.78, 5) is 8.21. The molecule has 0 atom stereocenters. The van der Waals surface area contributed by atoms with E-state index < -0.39 is 8.32 Å². The molecule has 1 heterocycles. The van der Waals surface area contributed by atoms with Crippen molar-refractivity contribution in [3.63, 3.8) is 0 Å². The predicted octanol–water partition coefficient (Wildman–Crippen LogP) is 3.04. The van der Waals surface area contributed by atoms with Gasteiger partial charge in [-0.3, -0.25) is 0 Å². The minimum absolute atomic E-state index is 0. The quantitative estimate of drug-likeness (QED) is 0.624. The Labute approximate surface area is 123 Å². The van der Waals surface area contributed by atoms with Crippen LogP contribution in [-0.4, -0.2) is 36.5 Å². The van der Waals surface area contributed by atoms with E-state index in [1.807, 2.05) is 0 Å². The van der Waals surface area contributed by atoms with Crippen LogP contribution in [0.4, 0.5) is 5.95 Å². The van der Waals surface area contributed by atoms with Crippen molar-refractivity contribution in [1.82, 2.24) is 9.97 Å². The number of aliphatic hydroxyl groups excluding tert-OH is 1. The summed E-state index contributed by atoms with van der Waals surface area (Å²) < 4.78 is 6.04. The Morgan fingerprint density at radius 3 is 2.25 bits per heavy atom. The fraction of sp³-hybridized carbons (Fsp3) is 0.714. The summed E-state index contributed by atoms with van der Waals surface area (Å²) in [6.45, 7) is 12.5. The van der Waals surface area contributed by atoms with Crippen LogP contribution < -0.4 is 5.32 Å². The zero-order valence-corrected chi connectivity index (χ0v) is 13.5. The third-order valence-corrected chi connectivity index (χ3v) is 8.08. The van der Waals surface area contributed by atoms with E-state index in [4.69, 9.17) is 9.53 Å². The lowest BCUT2D eigenvalue weighted by Gasteiger charge is -2.36. The first-order valence-electron chi connectivity index (χ1n) is 6.56. The van der Waals surface area contributed by atoms with Crippen LogP contribution in [0.3, 0.4) is 0 Å². The number of rotatable bonds is 6. The highest BCUT2D eigenvalue weighted by atomic mass is 28.4. The van der Waals surface area contributed by atoms with E-state index in [0.717, 1.165) is 0 Å². The standard InChI is InChI=1S/C13H25N3O2Si.CH4/c1-13(2,3)19(4,5)18-7-6-14-12-15-8-11(10-17)9-16-12;/h8-9,17H,6-7,10H2,1-5H3,(H,14,15,16);1H4. The summed E-state index contributed by atoms with van der Waals surface area (Å²) in [5.41, 5.74) is 0.711. The Kier molecular flexibility index (Phi) is 7.33. The Morgan fingerprint density at radius 2 is 1.80 bits per heavy atom. The average Bonchev–Trinajstić information content (AvgIpc) is 2.34. The Balaban J connectivity index is 0.00000361. The maximum atomic E-state index is 8.89. The van der Waals surface area contributed by atoms with Crippen molar-refractivity contribution in [2.24, 2.45) is 0 Å². The van der Waals surface area contributed by atoms with Gasteiger partial charge in [-0.25, -0.2) is 9.97 Å². The molecule has 0 bridgehead atoms. The molecule has 1 rings (SSSR count). The molecule has 5 nitrogen and oxygen atoms in total. The molecule has 1 aromatic rings. The minimum Gasteiger partial charge on any atom is -0.415 e. The van der Waals surface area contributed by atoms with Crippen LogP contribution in [0.25, 0.3) is 0 Å². The first kappa shape index (κ1) is 19.0. The second-order valence-corrected chi connectivity index (χ2v) is 10.9. The molecule has 0 saturated carbocycles. The van der Waals surface area contributed by atoms with Crippen LogP contribution in [0.15, 0.2) is 12.4 Å². The van der Waals surface area contributed by atoms with Crippen molar-refractivity contribution < 1.29 is 9.53 Å². The highest BCUT2D eigenvalue weighted by molar-refractivity contribution is 6.74. The molecule has 0 aliphatic heterocycles. The molecule has 1 aromatic heterocycles. The molecule has 20 heavy (non-hydrogen) atoms. The molecule has 0 fully saturated rings. The number of nitrogens with zero attached hydrogens (tertiary/aromatic N) is 2. The molecule has 0 unspecified atom stereocenters. The van der Waals surface area contributed by atoms with E-state index in [0.29, 0.717) is 24.7 Å². The van der Waals surface area contributed by atoms with Crippen molar-refractivity contribution in [2.45, 2.75) is 52.9 Å². The van der Waals surface area contributed by atoms with Gasteiger partial charge in [0.05, 0.1) is 13.2 Å². The topological polar surface area (TPSA) is 67.3 Å². The van der Waals surface area contributed by atoms with Gasteiger partial charge in [0.1, 0.15) is 0 Å². The molecule has 2 N–H and O–H groups in total. The molecule has 6 heteroatoms. The molecule has 0 radical (unpaired) electrons. The predicted molar refractivity (Wildman–Crippen MR) is 86.3 cm³/mol. The van der Waals surface area contributed by atoms with Gasteiger partial charge in [0.2, 0.25) is 5.95 Å². The molecule has 0 amide bonds. The van der Waals surface area contributed by atoms with Gasteiger partial charge in [-0.15, -0.1) is 0 Å². The van der Waals surface area contributed by atoms with Gasteiger partial charge >= 0.3 is 0 Å². The van der Waals surface area contributed by atoms with Gasteiger partial charge < -0.3 is 14.8 Å². The van der Waals surface area contributed by atoms with E-state index in [1.54, 1.807) is 12.4 Å². The number of hydrogen-bond donors (Lipinski definition) is 2. The van der Waals surface area contributed by atoms with Crippen LogP contribution in [0, 0.1) is 0 Å².